The third kappa shape index (κ3) is 2.94. The first kappa shape index (κ1) is 15.2. The van der Waals surface area contributed by atoms with Gasteiger partial charge in [0.15, 0.2) is 0 Å². The van der Waals surface area contributed by atoms with E-state index in [4.69, 9.17) is 10.5 Å². The summed E-state index contributed by atoms with van der Waals surface area (Å²) in [6.07, 6.45) is 2.28. The molecule has 0 aromatic heterocycles. The Morgan fingerprint density at radius 3 is 2.70 bits per heavy atom. The van der Waals surface area contributed by atoms with Crippen molar-refractivity contribution >= 4 is 15.7 Å². The van der Waals surface area contributed by atoms with Crippen molar-refractivity contribution < 1.29 is 17.5 Å². The maximum absolute atomic E-state index is 13.6. The summed E-state index contributed by atoms with van der Waals surface area (Å²) < 4.78 is 46.0. The predicted molar refractivity (Wildman–Crippen MR) is 74.3 cm³/mol. The highest BCUT2D eigenvalue weighted by Gasteiger charge is 2.31. The zero-order valence-corrected chi connectivity index (χ0v) is 12.3. The van der Waals surface area contributed by atoms with Gasteiger partial charge < -0.3 is 10.5 Å². The monoisotopic (exact) mass is 302 g/mol. The lowest BCUT2D eigenvalue weighted by Crippen LogP contribution is -2.40. The summed E-state index contributed by atoms with van der Waals surface area (Å²) in [5.41, 5.74) is 6.00. The summed E-state index contributed by atoms with van der Waals surface area (Å²) in [4.78, 5) is -0.153. The average Bonchev–Trinajstić information content (AvgIpc) is 2.81. The molecule has 2 unspecified atom stereocenters. The van der Waals surface area contributed by atoms with Gasteiger partial charge in [0, 0.05) is 24.4 Å². The summed E-state index contributed by atoms with van der Waals surface area (Å²) in [7, 11) is -2.24. The molecule has 1 aliphatic carbocycles. The van der Waals surface area contributed by atoms with E-state index in [1.165, 1.54) is 13.0 Å². The van der Waals surface area contributed by atoms with Crippen LogP contribution in [0.15, 0.2) is 17.0 Å². The van der Waals surface area contributed by atoms with Crippen molar-refractivity contribution in [3.63, 3.8) is 0 Å². The fraction of sp³-hybridized carbons (Fsp3) is 0.538. The Bertz CT molecular complexity index is 581. The van der Waals surface area contributed by atoms with E-state index in [1.807, 2.05) is 0 Å². The molecule has 7 heteroatoms. The number of hydrogen-bond donors (Lipinski definition) is 2. The molecule has 1 aromatic carbocycles. The summed E-state index contributed by atoms with van der Waals surface area (Å²) in [5, 5.41) is 0. The number of nitrogen functional groups attached to an aromatic ring is 1. The Morgan fingerprint density at radius 2 is 2.10 bits per heavy atom. The van der Waals surface area contributed by atoms with Crippen LogP contribution in [0.3, 0.4) is 0 Å². The molecule has 5 nitrogen and oxygen atoms in total. The van der Waals surface area contributed by atoms with Gasteiger partial charge in [0.2, 0.25) is 10.0 Å². The SMILES string of the molecule is COC1CCCC1NS(=O)(=O)c1cc(N)c(C)c(F)c1. The standard InChI is InChI=1S/C13H19FN2O3S/c1-8-10(14)6-9(7-11(8)15)20(17,18)16-12-4-3-5-13(12)19-2/h6-7,12-13,16H,3-5,15H2,1-2H3. The molecule has 0 amide bonds. The summed E-state index contributed by atoms with van der Waals surface area (Å²) >= 11 is 0. The highest BCUT2D eigenvalue weighted by Crippen LogP contribution is 2.25. The number of rotatable bonds is 4. The number of ether oxygens (including phenoxy) is 1. The van der Waals surface area contributed by atoms with E-state index in [0.717, 1.165) is 18.9 Å². The third-order valence-corrected chi connectivity index (χ3v) is 5.20. The third-order valence-electron chi connectivity index (χ3n) is 3.73. The van der Waals surface area contributed by atoms with Crippen LogP contribution in [-0.2, 0) is 14.8 Å². The van der Waals surface area contributed by atoms with Gasteiger partial charge in [-0.1, -0.05) is 0 Å². The zero-order valence-electron chi connectivity index (χ0n) is 11.5. The molecule has 0 bridgehead atoms. The fourth-order valence-corrected chi connectivity index (χ4v) is 3.78. The second-order valence-corrected chi connectivity index (χ2v) is 6.77. The van der Waals surface area contributed by atoms with E-state index in [-0.39, 0.29) is 28.3 Å². The highest BCUT2D eigenvalue weighted by atomic mass is 32.2. The van der Waals surface area contributed by atoms with Gasteiger partial charge >= 0.3 is 0 Å². The molecule has 0 saturated heterocycles. The van der Waals surface area contributed by atoms with E-state index in [9.17, 15) is 12.8 Å². The normalized spacial score (nSPS) is 23.1. The average molecular weight is 302 g/mol. The van der Waals surface area contributed by atoms with Crippen LogP contribution >= 0.6 is 0 Å². The van der Waals surface area contributed by atoms with Crippen LogP contribution in [-0.4, -0.2) is 27.7 Å². The van der Waals surface area contributed by atoms with Crippen molar-refractivity contribution in [1.82, 2.24) is 4.72 Å². The highest BCUT2D eigenvalue weighted by molar-refractivity contribution is 7.89. The number of sulfonamides is 1. The molecular formula is C13H19FN2O3S. The largest absolute Gasteiger partial charge is 0.398 e. The first-order chi connectivity index (χ1) is 9.35. The minimum Gasteiger partial charge on any atom is -0.398 e. The van der Waals surface area contributed by atoms with Gasteiger partial charge in [-0.05, 0) is 38.3 Å². The smallest absolute Gasteiger partial charge is 0.241 e. The lowest BCUT2D eigenvalue weighted by molar-refractivity contribution is 0.0916. The van der Waals surface area contributed by atoms with Gasteiger partial charge in [0.05, 0.1) is 11.0 Å². The molecule has 0 aliphatic heterocycles. The topological polar surface area (TPSA) is 81.4 Å². The second-order valence-electron chi connectivity index (χ2n) is 5.05. The van der Waals surface area contributed by atoms with Crippen molar-refractivity contribution in [1.29, 1.82) is 0 Å². The molecule has 1 saturated carbocycles. The van der Waals surface area contributed by atoms with Crippen molar-refractivity contribution in [3.05, 3.63) is 23.5 Å². The number of methoxy groups -OCH3 is 1. The first-order valence-electron chi connectivity index (χ1n) is 6.46. The Balaban J connectivity index is 2.27. The van der Waals surface area contributed by atoms with E-state index >= 15 is 0 Å². The predicted octanol–water partition coefficient (Wildman–Crippen LogP) is 1.56. The molecule has 2 atom stereocenters. The van der Waals surface area contributed by atoms with Crippen molar-refractivity contribution in [2.24, 2.45) is 0 Å². The molecule has 0 radical (unpaired) electrons. The summed E-state index contributed by atoms with van der Waals surface area (Å²) in [6.45, 7) is 1.51. The molecule has 1 fully saturated rings. The first-order valence-corrected chi connectivity index (χ1v) is 7.94. The van der Waals surface area contributed by atoms with Crippen LogP contribution in [0.25, 0.3) is 0 Å². The second kappa shape index (κ2) is 5.67. The molecule has 3 N–H and O–H groups in total. The quantitative estimate of drug-likeness (QED) is 0.827. The Labute approximate surface area is 118 Å². The summed E-state index contributed by atoms with van der Waals surface area (Å²) in [5.74, 6) is -0.625. The fourth-order valence-electron chi connectivity index (χ4n) is 2.44. The van der Waals surface area contributed by atoms with Crippen LogP contribution in [0.1, 0.15) is 24.8 Å². The molecule has 1 aromatic rings. The van der Waals surface area contributed by atoms with Gasteiger partial charge in [-0.25, -0.2) is 17.5 Å². The minimum absolute atomic E-state index is 0.125. The van der Waals surface area contributed by atoms with Gasteiger partial charge in [-0.15, -0.1) is 0 Å². The molecule has 112 valence electrons. The number of nitrogens with two attached hydrogens (primary N) is 1. The van der Waals surface area contributed by atoms with Crippen molar-refractivity contribution in [2.45, 2.75) is 43.2 Å². The van der Waals surface area contributed by atoms with E-state index in [1.54, 1.807) is 7.11 Å². The van der Waals surface area contributed by atoms with Gasteiger partial charge in [-0.3, -0.25) is 0 Å². The molecule has 0 spiro atoms. The maximum Gasteiger partial charge on any atom is 0.241 e. The molecule has 2 rings (SSSR count). The van der Waals surface area contributed by atoms with Crippen molar-refractivity contribution in [2.75, 3.05) is 12.8 Å². The van der Waals surface area contributed by atoms with Crippen LogP contribution in [0, 0.1) is 12.7 Å². The molecule has 0 heterocycles. The zero-order chi connectivity index (χ0) is 14.9. The molecule has 1 aliphatic rings. The van der Waals surface area contributed by atoms with E-state index < -0.39 is 15.8 Å². The van der Waals surface area contributed by atoms with Crippen molar-refractivity contribution in [3.8, 4) is 0 Å². The van der Waals surface area contributed by atoms with Crippen LogP contribution in [0.2, 0.25) is 0 Å². The lowest BCUT2D eigenvalue weighted by Gasteiger charge is -2.20. The number of halogens is 1. The van der Waals surface area contributed by atoms with Crippen LogP contribution in [0.5, 0.6) is 0 Å². The van der Waals surface area contributed by atoms with Crippen LogP contribution < -0.4 is 10.5 Å². The number of anilines is 1. The molecular weight excluding hydrogens is 283 g/mol. The van der Waals surface area contributed by atoms with Gasteiger partial charge in [-0.2, -0.15) is 0 Å². The number of hydrogen-bond acceptors (Lipinski definition) is 4. The van der Waals surface area contributed by atoms with E-state index in [2.05, 4.69) is 4.72 Å². The number of nitrogens with one attached hydrogen (secondary N) is 1. The Morgan fingerprint density at radius 1 is 1.40 bits per heavy atom. The summed E-state index contributed by atoms with van der Waals surface area (Å²) in [6, 6.07) is 1.98. The van der Waals surface area contributed by atoms with Gasteiger partial charge in [0.25, 0.3) is 0 Å². The Hall–Kier alpha value is -1.18. The molecule has 20 heavy (non-hydrogen) atoms. The van der Waals surface area contributed by atoms with Crippen LogP contribution in [0.4, 0.5) is 10.1 Å². The minimum atomic E-state index is -3.80. The van der Waals surface area contributed by atoms with Gasteiger partial charge in [0.1, 0.15) is 5.82 Å². The number of benzene rings is 1. The maximum atomic E-state index is 13.6. The van der Waals surface area contributed by atoms with E-state index in [0.29, 0.717) is 6.42 Å². The lowest BCUT2D eigenvalue weighted by atomic mass is 10.2. The Kier molecular flexibility index (Phi) is 4.31.